The van der Waals surface area contributed by atoms with Crippen molar-refractivity contribution in [3.8, 4) is 0 Å². The monoisotopic (exact) mass is 422 g/mol. The maximum Gasteiger partial charge on any atom is 0.278 e. The van der Waals surface area contributed by atoms with E-state index in [-0.39, 0.29) is 16.8 Å². The molecule has 6 nitrogen and oxygen atoms in total. The molecule has 2 aromatic rings. The van der Waals surface area contributed by atoms with Crippen LogP contribution in [-0.4, -0.2) is 50.9 Å². The van der Waals surface area contributed by atoms with Crippen LogP contribution >= 0.6 is 11.6 Å². The fourth-order valence-electron chi connectivity index (χ4n) is 3.35. The Bertz CT molecular complexity index is 913. The van der Waals surface area contributed by atoms with Crippen molar-refractivity contribution in [1.82, 2.24) is 9.62 Å². The smallest absolute Gasteiger partial charge is 0.278 e. The van der Waals surface area contributed by atoms with E-state index < -0.39 is 10.0 Å². The van der Waals surface area contributed by atoms with E-state index >= 15 is 0 Å². The SMILES string of the molecule is C[C@H](C(=O)NCc1ccccc1)[NH+]1CCN(S(=O)(=O)c2cccc(Cl)c2)CC1. The van der Waals surface area contributed by atoms with Gasteiger partial charge in [-0.3, -0.25) is 4.79 Å². The number of quaternary nitrogens is 1. The highest BCUT2D eigenvalue weighted by Crippen LogP contribution is 2.19. The number of carbonyl (C=O) groups is 1. The molecule has 0 unspecified atom stereocenters. The molecule has 1 saturated heterocycles. The number of piperazine rings is 1. The number of benzene rings is 2. The van der Waals surface area contributed by atoms with E-state index in [0.29, 0.717) is 37.7 Å². The van der Waals surface area contributed by atoms with Crippen molar-refractivity contribution in [1.29, 1.82) is 0 Å². The van der Waals surface area contributed by atoms with Gasteiger partial charge in [-0.15, -0.1) is 0 Å². The van der Waals surface area contributed by atoms with Crippen molar-refractivity contribution in [2.45, 2.75) is 24.4 Å². The van der Waals surface area contributed by atoms with Crippen molar-refractivity contribution >= 4 is 27.5 Å². The van der Waals surface area contributed by atoms with Gasteiger partial charge >= 0.3 is 0 Å². The minimum Gasteiger partial charge on any atom is -0.347 e. The molecule has 1 amide bonds. The van der Waals surface area contributed by atoms with Crippen LogP contribution in [0.4, 0.5) is 0 Å². The third-order valence-electron chi connectivity index (χ3n) is 5.11. The summed E-state index contributed by atoms with van der Waals surface area (Å²) in [5.74, 6) is -0.0231. The molecule has 150 valence electrons. The summed E-state index contributed by atoms with van der Waals surface area (Å²) in [4.78, 5) is 13.8. The molecule has 0 radical (unpaired) electrons. The third kappa shape index (κ3) is 4.91. The van der Waals surface area contributed by atoms with Crippen LogP contribution < -0.4 is 10.2 Å². The number of nitrogens with zero attached hydrogens (tertiary/aromatic N) is 1. The molecule has 0 spiro atoms. The summed E-state index contributed by atoms with van der Waals surface area (Å²) < 4.78 is 27.0. The van der Waals surface area contributed by atoms with Gasteiger partial charge in [0.25, 0.3) is 5.91 Å². The maximum atomic E-state index is 12.8. The summed E-state index contributed by atoms with van der Waals surface area (Å²) in [7, 11) is -3.57. The van der Waals surface area contributed by atoms with Crippen molar-refractivity contribution in [3.63, 3.8) is 0 Å². The van der Waals surface area contributed by atoms with Crippen LogP contribution in [0, 0.1) is 0 Å². The first-order valence-corrected chi connectivity index (χ1v) is 11.1. The normalized spacial score (nSPS) is 17.2. The molecule has 8 heteroatoms. The minimum atomic E-state index is -3.57. The van der Waals surface area contributed by atoms with Crippen molar-refractivity contribution < 1.29 is 18.1 Å². The second-order valence-corrected chi connectivity index (χ2v) is 9.32. The van der Waals surface area contributed by atoms with Gasteiger partial charge in [-0.05, 0) is 30.7 Å². The molecule has 2 aromatic carbocycles. The number of sulfonamides is 1. The first-order chi connectivity index (χ1) is 13.4. The molecule has 28 heavy (non-hydrogen) atoms. The number of hydrogen-bond donors (Lipinski definition) is 2. The predicted octanol–water partition coefficient (Wildman–Crippen LogP) is 0.934. The molecule has 0 saturated carbocycles. The van der Waals surface area contributed by atoms with Crippen molar-refractivity contribution in [2.24, 2.45) is 0 Å². The van der Waals surface area contributed by atoms with Gasteiger partial charge in [0.2, 0.25) is 10.0 Å². The summed E-state index contributed by atoms with van der Waals surface area (Å²) in [6, 6.07) is 15.8. The van der Waals surface area contributed by atoms with Gasteiger partial charge in [0.1, 0.15) is 0 Å². The molecule has 1 heterocycles. The first-order valence-electron chi connectivity index (χ1n) is 9.30. The molecule has 3 rings (SSSR count). The van der Waals surface area contributed by atoms with Crippen LogP contribution in [0.3, 0.4) is 0 Å². The zero-order valence-corrected chi connectivity index (χ0v) is 17.3. The van der Waals surface area contributed by atoms with Gasteiger partial charge in [0.05, 0.1) is 31.1 Å². The molecule has 0 aliphatic carbocycles. The minimum absolute atomic E-state index is 0.0231. The average Bonchev–Trinajstić information content (AvgIpc) is 2.72. The van der Waals surface area contributed by atoms with E-state index in [1.54, 1.807) is 18.2 Å². The lowest BCUT2D eigenvalue weighted by atomic mass is 10.2. The predicted molar refractivity (Wildman–Crippen MR) is 109 cm³/mol. The van der Waals surface area contributed by atoms with E-state index in [0.717, 1.165) is 10.5 Å². The Kier molecular flexibility index (Phi) is 6.72. The Labute approximate surface area is 171 Å². The lowest BCUT2D eigenvalue weighted by Crippen LogP contribution is -3.19. The Morgan fingerprint density at radius 1 is 1.14 bits per heavy atom. The number of hydrogen-bond acceptors (Lipinski definition) is 3. The summed E-state index contributed by atoms with van der Waals surface area (Å²) in [6.45, 7) is 4.30. The highest BCUT2D eigenvalue weighted by atomic mass is 35.5. The molecular weight excluding hydrogens is 398 g/mol. The fourth-order valence-corrected chi connectivity index (χ4v) is 5.09. The second kappa shape index (κ2) is 9.05. The van der Waals surface area contributed by atoms with Crippen molar-refractivity contribution in [3.05, 3.63) is 65.2 Å². The van der Waals surface area contributed by atoms with E-state index in [4.69, 9.17) is 11.6 Å². The highest BCUT2D eigenvalue weighted by Gasteiger charge is 2.34. The summed E-state index contributed by atoms with van der Waals surface area (Å²) >= 11 is 5.93. The maximum absolute atomic E-state index is 12.8. The largest absolute Gasteiger partial charge is 0.347 e. The zero-order valence-electron chi connectivity index (χ0n) is 15.8. The Morgan fingerprint density at radius 3 is 2.46 bits per heavy atom. The molecule has 1 aliphatic rings. The quantitative estimate of drug-likeness (QED) is 0.727. The molecule has 0 aromatic heterocycles. The Morgan fingerprint density at radius 2 is 1.82 bits per heavy atom. The average molecular weight is 423 g/mol. The van der Waals surface area contributed by atoms with Gasteiger partial charge in [0, 0.05) is 11.6 Å². The molecule has 1 aliphatic heterocycles. The Hall–Kier alpha value is -1.93. The first kappa shape index (κ1) is 20.8. The molecule has 0 bridgehead atoms. The molecule has 1 fully saturated rings. The second-order valence-electron chi connectivity index (χ2n) is 6.94. The zero-order chi connectivity index (χ0) is 20.1. The number of amides is 1. The Balaban J connectivity index is 1.55. The van der Waals surface area contributed by atoms with E-state index in [9.17, 15) is 13.2 Å². The van der Waals surface area contributed by atoms with Crippen LogP contribution in [0.1, 0.15) is 12.5 Å². The van der Waals surface area contributed by atoms with Crippen molar-refractivity contribution in [2.75, 3.05) is 26.2 Å². The van der Waals surface area contributed by atoms with Crippen LogP contribution in [0.15, 0.2) is 59.5 Å². The molecular formula is C20H25ClN3O3S+. The number of rotatable bonds is 6. The lowest BCUT2D eigenvalue weighted by molar-refractivity contribution is -0.917. The topological polar surface area (TPSA) is 70.9 Å². The summed E-state index contributed by atoms with van der Waals surface area (Å²) in [6.07, 6.45) is 0. The lowest BCUT2D eigenvalue weighted by Gasteiger charge is -2.34. The van der Waals surface area contributed by atoms with Crippen LogP contribution in [-0.2, 0) is 21.4 Å². The van der Waals surface area contributed by atoms with E-state index in [2.05, 4.69) is 5.32 Å². The molecule has 1 atom stereocenters. The number of halogens is 1. The van der Waals surface area contributed by atoms with Gasteiger partial charge < -0.3 is 10.2 Å². The van der Waals surface area contributed by atoms with Crippen LogP contribution in [0.25, 0.3) is 0 Å². The van der Waals surface area contributed by atoms with E-state index in [1.807, 2.05) is 37.3 Å². The number of nitrogens with one attached hydrogen (secondary N) is 2. The fraction of sp³-hybridized carbons (Fsp3) is 0.350. The summed E-state index contributed by atoms with van der Waals surface area (Å²) in [5.41, 5.74) is 1.05. The standard InChI is InChI=1S/C20H24ClN3O3S/c1-16(20(25)22-15-17-6-3-2-4-7-17)23-10-12-24(13-11-23)28(26,27)19-9-5-8-18(21)14-19/h2-9,14,16H,10-13,15H2,1H3,(H,22,25)/p+1/t16-/m1/s1. The number of carbonyl (C=O) groups excluding carboxylic acids is 1. The highest BCUT2D eigenvalue weighted by molar-refractivity contribution is 7.89. The van der Waals surface area contributed by atoms with Gasteiger partial charge in [-0.1, -0.05) is 48.0 Å². The van der Waals surface area contributed by atoms with Crippen LogP contribution in [0.5, 0.6) is 0 Å². The van der Waals surface area contributed by atoms with Crippen LogP contribution in [0.2, 0.25) is 5.02 Å². The van der Waals surface area contributed by atoms with Gasteiger partial charge in [-0.25, -0.2) is 8.42 Å². The van der Waals surface area contributed by atoms with Gasteiger partial charge in [-0.2, -0.15) is 4.31 Å². The molecule has 2 N–H and O–H groups in total. The summed E-state index contributed by atoms with van der Waals surface area (Å²) in [5, 5.41) is 3.36. The van der Waals surface area contributed by atoms with Gasteiger partial charge in [0.15, 0.2) is 6.04 Å². The third-order valence-corrected chi connectivity index (χ3v) is 7.24. The van der Waals surface area contributed by atoms with E-state index in [1.165, 1.54) is 10.4 Å².